The van der Waals surface area contributed by atoms with Crippen LogP contribution in [-0.2, 0) is 9.22 Å². The van der Waals surface area contributed by atoms with Crippen LogP contribution in [0.3, 0.4) is 0 Å². The Kier molecular flexibility index (Phi) is 3.87. The van der Waals surface area contributed by atoms with Crippen LogP contribution in [0.2, 0.25) is 18.1 Å². The zero-order valence-corrected chi connectivity index (χ0v) is 14.4. The van der Waals surface area contributed by atoms with Crippen LogP contribution in [0.15, 0.2) is 0 Å². The molecule has 3 nitrogen and oxygen atoms in total. The van der Waals surface area contributed by atoms with E-state index >= 15 is 0 Å². The zero-order valence-electron chi connectivity index (χ0n) is 11.8. The summed E-state index contributed by atoms with van der Waals surface area (Å²) >= 11 is 3.02. The first kappa shape index (κ1) is 14.7. The average Bonchev–Trinajstić information content (AvgIpc) is 2.58. The van der Waals surface area contributed by atoms with E-state index in [9.17, 15) is 4.79 Å². The van der Waals surface area contributed by atoms with Gasteiger partial charge in [0, 0.05) is 0 Å². The van der Waals surface area contributed by atoms with Crippen molar-refractivity contribution in [1.82, 2.24) is 4.31 Å². The molecular weight excluding hydrogens is 282 g/mol. The van der Waals surface area contributed by atoms with Crippen molar-refractivity contribution in [3.05, 3.63) is 5.08 Å². The number of carbonyl (C=O) groups is 1. The minimum absolute atomic E-state index is 0.00613. The third-order valence-corrected chi connectivity index (χ3v) is 10.9. The van der Waals surface area contributed by atoms with E-state index in [4.69, 9.17) is 4.43 Å². The van der Waals surface area contributed by atoms with Gasteiger partial charge in [-0.1, -0.05) is 20.8 Å². The van der Waals surface area contributed by atoms with Crippen LogP contribution >= 0.6 is 23.7 Å². The second-order valence-corrected chi connectivity index (χ2v) is 13.2. The maximum atomic E-state index is 12.0. The maximum Gasteiger partial charge on any atom is 0.242 e. The summed E-state index contributed by atoms with van der Waals surface area (Å²) in [6.07, 6.45) is 0.00708. The standard InChI is InChI=1S/C12H21NO2S2Si/c1-8(15-18(5,6)12(2,3)4)9-10(14)13-11(9)16-7-17-13/h8-9,11H,1-6H3. The minimum Gasteiger partial charge on any atom is -0.413 e. The molecule has 2 heterocycles. The van der Waals surface area contributed by atoms with Gasteiger partial charge in [-0.2, -0.15) is 0 Å². The molecule has 0 N–H and O–H groups in total. The van der Waals surface area contributed by atoms with Gasteiger partial charge in [-0.25, -0.2) is 0 Å². The van der Waals surface area contributed by atoms with Crippen LogP contribution in [-0.4, -0.2) is 30.0 Å². The van der Waals surface area contributed by atoms with Crippen molar-refractivity contribution in [3.63, 3.8) is 0 Å². The Morgan fingerprint density at radius 2 is 2.06 bits per heavy atom. The molecule has 0 saturated carbocycles. The summed E-state index contributed by atoms with van der Waals surface area (Å²) in [6, 6.07) is 0. The lowest BCUT2D eigenvalue weighted by atomic mass is 9.96. The molecule has 0 aromatic carbocycles. The van der Waals surface area contributed by atoms with Crippen molar-refractivity contribution in [2.45, 2.75) is 57.3 Å². The Morgan fingerprint density at radius 1 is 1.44 bits per heavy atom. The van der Waals surface area contributed by atoms with Gasteiger partial charge in [-0.05, 0) is 37.0 Å². The Hall–Kier alpha value is 0.347. The van der Waals surface area contributed by atoms with Crippen LogP contribution in [0.25, 0.3) is 0 Å². The molecule has 2 rings (SSSR count). The highest BCUT2D eigenvalue weighted by Gasteiger charge is 2.55. The average molecular weight is 304 g/mol. The largest absolute Gasteiger partial charge is 0.413 e. The predicted molar refractivity (Wildman–Crippen MR) is 80.3 cm³/mol. The lowest BCUT2D eigenvalue weighted by Gasteiger charge is -2.46. The number of rotatable bonds is 3. The first-order valence-electron chi connectivity index (χ1n) is 6.23. The molecule has 0 aliphatic carbocycles. The summed E-state index contributed by atoms with van der Waals surface area (Å²) in [4.78, 5) is 12.0. The Bertz CT molecular complexity index is 356. The van der Waals surface area contributed by atoms with Gasteiger partial charge in [0.2, 0.25) is 5.91 Å². The van der Waals surface area contributed by atoms with Gasteiger partial charge in [0.05, 0.1) is 12.0 Å². The fourth-order valence-electron chi connectivity index (χ4n) is 1.93. The smallest absolute Gasteiger partial charge is 0.242 e. The lowest BCUT2D eigenvalue weighted by molar-refractivity contribution is -0.145. The Labute approximate surface area is 120 Å². The Morgan fingerprint density at radius 3 is 2.61 bits per heavy atom. The summed E-state index contributed by atoms with van der Waals surface area (Å²) in [7, 11) is -1.79. The molecule has 0 bridgehead atoms. The highest BCUT2D eigenvalue weighted by molar-refractivity contribution is 8.21. The number of fused-ring (bicyclic) bond motifs is 1. The second-order valence-electron chi connectivity index (χ2n) is 6.46. The number of nitrogens with zero attached hydrogens (tertiary/aromatic N) is 1. The molecule has 2 saturated heterocycles. The maximum absolute atomic E-state index is 12.0. The van der Waals surface area contributed by atoms with Gasteiger partial charge in [0.15, 0.2) is 8.32 Å². The number of carbonyl (C=O) groups excluding carboxylic acids is 1. The number of thioether (sulfide) groups is 1. The van der Waals surface area contributed by atoms with Gasteiger partial charge in [-0.15, -0.1) is 11.8 Å². The van der Waals surface area contributed by atoms with E-state index in [1.807, 2.05) is 6.92 Å². The third-order valence-electron chi connectivity index (χ3n) is 4.14. The number of β-lactam (4-membered cyclic amide) rings is 1. The van der Waals surface area contributed by atoms with Crippen molar-refractivity contribution >= 4 is 37.9 Å². The molecule has 6 heteroatoms. The molecule has 2 radical (unpaired) electrons. The summed E-state index contributed by atoms with van der Waals surface area (Å²) in [5.74, 6) is 0.209. The van der Waals surface area contributed by atoms with Gasteiger partial charge < -0.3 is 4.43 Å². The molecule has 2 fully saturated rings. The van der Waals surface area contributed by atoms with E-state index < -0.39 is 8.32 Å². The summed E-state index contributed by atoms with van der Waals surface area (Å²) in [5.41, 5.74) is 0. The van der Waals surface area contributed by atoms with Crippen LogP contribution in [0.1, 0.15) is 27.7 Å². The monoisotopic (exact) mass is 303 g/mol. The van der Waals surface area contributed by atoms with Crippen LogP contribution in [0, 0.1) is 11.0 Å². The summed E-state index contributed by atoms with van der Waals surface area (Å²) in [5, 5.41) is 3.51. The first-order valence-corrected chi connectivity index (χ1v) is 10.8. The SMILES string of the molecule is CC(O[Si](C)(C)C(C)(C)C)C1C(=O)N2S[C]SC12. The van der Waals surface area contributed by atoms with Crippen molar-refractivity contribution in [1.29, 1.82) is 0 Å². The molecule has 102 valence electrons. The van der Waals surface area contributed by atoms with Crippen molar-refractivity contribution < 1.29 is 9.22 Å². The molecule has 3 unspecified atom stereocenters. The van der Waals surface area contributed by atoms with Gasteiger partial charge in [0.25, 0.3) is 0 Å². The predicted octanol–water partition coefficient (Wildman–Crippen LogP) is 3.57. The summed E-state index contributed by atoms with van der Waals surface area (Å²) < 4.78 is 8.13. The Balaban J connectivity index is 2.01. The van der Waals surface area contributed by atoms with E-state index in [0.29, 0.717) is 0 Å². The number of hydrogen-bond donors (Lipinski definition) is 0. The van der Waals surface area contributed by atoms with Gasteiger partial charge >= 0.3 is 0 Å². The molecule has 2 aliphatic rings. The third kappa shape index (κ3) is 2.37. The second kappa shape index (κ2) is 4.72. The lowest BCUT2D eigenvalue weighted by Crippen LogP contribution is -2.60. The van der Waals surface area contributed by atoms with Crippen LogP contribution in [0.4, 0.5) is 0 Å². The summed E-state index contributed by atoms with van der Waals surface area (Å²) in [6.45, 7) is 13.2. The van der Waals surface area contributed by atoms with Crippen LogP contribution < -0.4 is 0 Å². The van der Waals surface area contributed by atoms with E-state index in [0.717, 1.165) is 0 Å². The fourth-order valence-corrected chi connectivity index (χ4v) is 5.64. The van der Waals surface area contributed by atoms with Gasteiger partial charge in [-0.3, -0.25) is 9.10 Å². The molecular formula is C12H21NO2S2Si. The molecule has 0 aromatic heterocycles. The molecule has 1 amide bonds. The van der Waals surface area contributed by atoms with Crippen LogP contribution in [0.5, 0.6) is 0 Å². The molecule has 0 spiro atoms. The molecule has 3 atom stereocenters. The van der Waals surface area contributed by atoms with E-state index in [1.165, 1.54) is 11.9 Å². The quantitative estimate of drug-likeness (QED) is 0.453. The fraction of sp³-hybridized carbons (Fsp3) is 0.833. The van der Waals surface area contributed by atoms with Gasteiger partial charge in [0.1, 0.15) is 10.5 Å². The molecule has 0 aromatic rings. The van der Waals surface area contributed by atoms with E-state index in [2.05, 4.69) is 39.0 Å². The van der Waals surface area contributed by atoms with Crippen molar-refractivity contribution in [2.75, 3.05) is 0 Å². The van der Waals surface area contributed by atoms with Crippen molar-refractivity contribution in [2.24, 2.45) is 5.92 Å². The molecule has 18 heavy (non-hydrogen) atoms. The highest BCUT2D eigenvalue weighted by Crippen LogP contribution is 2.52. The minimum atomic E-state index is -1.79. The normalized spacial score (nSPS) is 30.1. The highest BCUT2D eigenvalue weighted by atomic mass is 32.2. The number of hydrogen-bond acceptors (Lipinski definition) is 4. The molecule has 2 aliphatic heterocycles. The topological polar surface area (TPSA) is 29.5 Å². The van der Waals surface area contributed by atoms with Crippen molar-refractivity contribution in [3.8, 4) is 0 Å². The zero-order chi connectivity index (χ0) is 13.7. The number of amides is 1. The first-order chi connectivity index (χ1) is 8.15. The van der Waals surface area contributed by atoms with E-state index in [1.54, 1.807) is 16.1 Å². The van der Waals surface area contributed by atoms with E-state index in [-0.39, 0.29) is 28.3 Å².